The number of aryl methyl sites for hydroxylation is 1. The molecule has 2 aromatic carbocycles. The maximum absolute atomic E-state index is 12.0. The largest absolute Gasteiger partial charge is 0.496 e. The first-order valence-corrected chi connectivity index (χ1v) is 9.18. The third kappa shape index (κ3) is 2.29. The molecule has 2 aromatic heterocycles. The van der Waals surface area contributed by atoms with Crippen LogP contribution in [0.5, 0.6) is 5.75 Å². The van der Waals surface area contributed by atoms with Gasteiger partial charge in [-0.25, -0.2) is 4.98 Å². The van der Waals surface area contributed by atoms with Gasteiger partial charge in [0.15, 0.2) is 5.58 Å². The number of aromatic nitrogens is 2. The average Bonchev–Trinajstić information content (AvgIpc) is 3.07. The predicted molar refractivity (Wildman–Crippen MR) is 105 cm³/mol. The fourth-order valence-electron chi connectivity index (χ4n) is 4.37. The van der Waals surface area contributed by atoms with Gasteiger partial charge in [0.1, 0.15) is 11.3 Å². The van der Waals surface area contributed by atoms with Gasteiger partial charge in [0.2, 0.25) is 5.89 Å². The van der Waals surface area contributed by atoms with Crippen molar-refractivity contribution in [2.75, 3.05) is 7.11 Å². The molecule has 0 bridgehead atoms. The van der Waals surface area contributed by atoms with Gasteiger partial charge in [-0.15, -0.1) is 0 Å². The number of hydrogen-bond acceptors (Lipinski definition) is 5. The molecule has 144 valence electrons. The molecule has 0 saturated heterocycles. The molecule has 7 heteroatoms. The number of aromatic amines is 1. The molecule has 1 saturated carbocycles. The third-order valence-corrected chi connectivity index (χ3v) is 5.83. The fourth-order valence-corrected chi connectivity index (χ4v) is 4.37. The second-order valence-corrected chi connectivity index (χ2v) is 7.42. The molecule has 2 atom stereocenters. The SMILES string of the molecule is COc1cc(C)c2[nH]ccc2c1C1(c2nc3cc(C#N)ccc3o2)CC1C(=O)O. The number of rotatable bonds is 4. The third-order valence-electron chi connectivity index (χ3n) is 5.83. The van der Waals surface area contributed by atoms with Crippen molar-refractivity contribution >= 4 is 28.0 Å². The number of nitrogens with one attached hydrogen (secondary N) is 1. The summed E-state index contributed by atoms with van der Waals surface area (Å²) in [7, 11) is 1.58. The van der Waals surface area contributed by atoms with E-state index in [2.05, 4.69) is 16.0 Å². The number of carboxylic acids is 1. The van der Waals surface area contributed by atoms with E-state index < -0.39 is 17.3 Å². The summed E-state index contributed by atoms with van der Waals surface area (Å²) in [6, 6.07) is 10.9. The Kier molecular flexibility index (Phi) is 3.49. The lowest BCUT2D eigenvalue weighted by Gasteiger charge is -2.19. The number of ether oxygens (including phenoxy) is 1. The highest BCUT2D eigenvalue weighted by Crippen LogP contribution is 2.62. The Labute approximate surface area is 165 Å². The zero-order valence-electron chi connectivity index (χ0n) is 15.8. The highest BCUT2D eigenvalue weighted by atomic mass is 16.5. The molecule has 1 aliphatic rings. The van der Waals surface area contributed by atoms with Crippen LogP contribution in [0.1, 0.15) is 29.0 Å². The number of aliphatic carboxylic acids is 1. The molecule has 0 amide bonds. The van der Waals surface area contributed by atoms with E-state index in [-0.39, 0.29) is 0 Å². The molecule has 1 fully saturated rings. The minimum atomic E-state index is -0.933. The van der Waals surface area contributed by atoms with Gasteiger partial charge in [-0.2, -0.15) is 5.26 Å². The number of benzene rings is 2. The van der Waals surface area contributed by atoms with Crippen LogP contribution < -0.4 is 4.74 Å². The maximum atomic E-state index is 12.0. The van der Waals surface area contributed by atoms with Crippen molar-refractivity contribution in [2.45, 2.75) is 18.8 Å². The molecule has 2 heterocycles. The summed E-state index contributed by atoms with van der Waals surface area (Å²) < 4.78 is 11.7. The maximum Gasteiger partial charge on any atom is 0.307 e. The Morgan fingerprint density at radius 2 is 2.24 bits per heavy atom. The van der Waals surface area contributed by atoms with E-state index in [4.69, 9.17) is 14.4 Å². The van der Waals surface area contributed by atoms with E-state index in [1.165, 1.54) is 0 Å². The number of hydrogen-bond donors (Lipinski definition) is 2. The summed E-state index contributed by atoms with van der Waals surface area (Å²) in [5.74, 6) is -0.644. The number of nitriles is 1. The molecule has 2 N–H and O–H groups in total. The zero-order chi connectivity index (χ0) is 20.3. The number of oxazole rings is 1. The van der Waals surface area contributed by atoms with Gasteiger partial charge in [-0.3, -0.25) is 4.79 Å². The molecule has 0 spiro atoms. The number of fused-ring (bicyclic) bond motifs is 2. The quantitative estimate of drug-likeness (QED) is 0.549. The van der Waals surface area contributed by atoms with Crippen LogP contribution in [0.3, 0.4) is 0 Å². The Balaban J connectivity index is 1.82. The van der Waals surface area contributed by atoms with Gasteiger partial charge in [0.25, 0.3) is 0 Å². The lowest BCUT2D eigenvalue weighted by Crippen LogP contribution is -2.19. The number of carbonyl (C=O) groups is 1. The molecule has 4 aromatic rings. The van der Waals surface area contributed by atoms with Gasteiger partial charge in [-0.05, 0) is 49.2 Å². The highest BCUT2D eigenvalue weighted by Gasteiger charge is 2.66. The Hall–Kier alpha value is -3.79. The van der Waals surface area contributed by atoms with Crippen molar-refractivity contribution in [1.82, 2.24) is 9.97 Å². The van der Waals surface area contributed by atoms with Crippen molar-refractivity contribution in [3.05, 3.63) is 59.1 Å². The van der Waals surface area contributed by atoms with Crippen molar-refractivity contribution < 1.29 is 19.1 Å². The van der Waals surface area contributed by atoms with Crippen LogP contribution in [-0.2, 0) is 10.2 Å². The standard InChI is InChI=1S/C22H17N3O4/c1-11-7-17(28-2)18(13-5-6-24-19(11)13)22(9-14(22)20(26)27)21-25-15-8-12(10-23)3-4-16(15)29-21/h3-8,14,24H,9H2,1-2H3,(H,26,27). The van der Waals surface area contributed by atoms with E-state index in [9.17, 15) is 9.90 Å². The van der Waals surface area contributed by atoms with Gasteiger partial charge in [-0.1, -0.05) is 0 Å². The highest BCUT2D eigenvalue weighted by molar-refractivity contribution is 5.93. The molecule has 7 nitrogen and oxygen atoms in total. The lowest BCUT2D eigenvalue weighted by molar-refractivity contribution is -0.138. The predicted octanol–water partition coefficient (Wildman–Crippen LogP) is 3.89. The fraction of sp³-hybridized carbons (Fsp3) is 0.227. The number of H-pyrrole nitrogens is 1. The monoisotopic (exact) mass is 387 g/mol. The molecular weight excluding hydrogens is 370 g/mol. The van der Waals surface area contributed by atoms with E-state index >= 15 is 0 Å². The Morgan fingerprint density at radius 3 is 2.93 bits per heavy atom. The van der Waals surface area contributed by atoms with Crippen LogP contribution in [0, 0.1) is 24.2 Å². The summed E-state index contributed by atoms with van der Waals surface area (Å²) in [6.45, 7) is 1.97. The second-order valence-electron chi connectivity index (χ2n) is 7.42. The van der Waals surface area contributed by atoms with Gasteiger partial charge in [0, 0.05) is 22.7 Å². The van der Waals surface area contributed by atoms with Gasteiger partial charge < -0.3 is 19.2 Å². The van der Waals surface area contributed by atoms with Crippen LogP contribution >= 0.6 is 0 Å². The first kappa shape index (κ1) is 17.3. The summed E-state index contributed by atoms with van der Waals surface area (Å²) >= 11 is 0. The van der Waals surface area contributed by atoms with Crippen molar-refractivity contribution in [3.8, 4) is 11.8 Å². The van der Waals surface area contributed by atoms with E-state index in [1.807, 2.05) is 25.3 Å². The number of carboxylic acid groups (broad SMARTS) is 1. The molecule has 2 unspecified atom stereocenters. The smallest absolute Gasteiger partial charge is 0.307 e. The van der Waals surface area contributed by atoms with Crippen molar-refractivity contribution in [3.63, 3.8) is 0 Å². The van der Waals surface area contributed by atoms with Crippen LogP contribution in [0.2, 0.25) is 0 Å². The Bertz CT molecular complexity index is 1340. The topological polar surface area (TPSA) is 112 Å². The first-order chi connectivity index (χ1) is 14.0. The Morgan fingerprint density at radius 1 is 1.41 bits per heavy atom. The molecule has 29 heavy (non-hydrogen) atoms. The first-order valence-electron chi connectivity index (χ1n) is 9.18. The van der Waals surface area contributed by atoms with E-state index in [0.29, 0.717) is 34.7 Å². The van der Waals surface area contributed by atoms with Crippen LogP contribution in [0.25, 0.3) is 22.0 Å². The molecule has 0 radical (unpaired) electrons. The number of nitrogens with zero attached hydrogens (tertiary/aromatic N) is 2. The second kappa shape index (κ2) is 5.85. The summed E-state index contributed by atoms with van der Waals surface area (Å²) in [6.07, 6.45) is 2.19. The minimum absolute atomic E-state index is 0.333. The van der Waals surface area contributed by atoms with Gasteiger partial charge >= 0.3 is 5.97 Å². The van der Waals surface area contributed by atoms with Crippen LogP contribution in [-0.4, -0.2) is 28.2 Å². The number of methoxy groups -OCH3 is 1. The van der Waals surface area contributed by atoms with E-state index in [1.54, 1.807) is 25.3 Å². The molecule has 1 aliphatic carbocycles. The zero-order valence-corrected chi connectivity index (χ0v) is 15.8. The molecular formula is C22H17N3O4. The van der Waals surface area contributed by atoms with E-state index in [0.717, 1.165) is 22.0 Å². The molecule has 0 aliphatic heterocycles. The summed E-state index contributed by atoms with van der Waals surface area (Å²) in [5, 5.41) is 19.9. The van der Waals surface area contributed by atoms with Crippen LogP contribution in [0.4, 0.5) is 0 Å². The van der Waals surface area contributed by atoms with Crippen molar-refractivity contribution in [2.24, 2.45) is 5.92 Å². The normalized spacial score (nSPS) is 20.7. The molecule has 5 rings (SSSR count). The summed E-state index contributed by atoms with van der Waals surface area (Å²) in [4.78, 5) is 19.9. The van der Waals surface area contributed by atoms with Gasteiger partial charge in [0.05, 0.1) is 30.1 Å². The van der Waals surface area contributed by atoms with Crippen molar-refractivity contribution in [1.29, 1.82) is 5.26 Å². The lowest BCUT2D eigenvalue weighted by atomic mass is 9.88. The summed E-state index contributed by atoms with van der Waals surface area (Å²) in [5.41, 5.74) is 3.29. The average molecular weight is 387 g/mol. The van der Waals surface area contributed by atoms with Crippen LogP contribution in [0.15, 0.2) is 40.9 Å². The minimum Gasteiger partial charge on any atom is -0.496 e.